The summed E-state index contributed by atoms with van der Waals surface area (Å²) in [6, 6.07) is 0. The maximum Gasteiger partial charge on any atom is 0.227 e. The molecule has 0 aliphatic heterocycles. The largest absolute Gasteiger partial charge is 0.388 e. The lowest BCUT2D eigenvalue weighted by Crippen LogP contribution is -2.42. The molecule has 22 heavy (non-hydrogen) atoms. The SMILES string of the molecule is CC(C)c1noc(CCC(=O)NCC2(O)CCCCCC2)n1. The van der Waals surface area contributed by atoms with Crippen molar-refractivity contribution < 1.29 is 14.4 Å². The smallest absolute Gasteiger partial charge is 0.227 e. The van der Waals surface area contributed by atoms with Crippen LogP contribution in [0.2, 0.25) is 0 Å². The van der Waals surface area contributed by atoms with Gasteiger partial charge in [-0.1, -0.05) is 44.7 Å². The first-order valence-electron chi connectivity index (χ1n) is 8.30. The molecular weight excluding hydrogens is 282 g/mol. The Morgan fingerprint density at radius 3 is 2.59 bits per heavy atom. The highest BCUT2D eigenvalue weighted by Gasteiger charge is 2.28. The fourth-order valence-corrected chi connectivity index (χ4v) is 2.74. The first-order valence-corrected chi connectivity index (χ1v) is 8.30. The molecule has 1 heterocycles. The molecule has 1 aliphatic carbocycles. The van der Waals surface area contributed by atoms with Crippen LogP contribution in [0.5, 0.6) is 0 Å². The maximum absolute atomic E-state index is 11.9. The number of amides is 1. The van der Waals surface area contributed by atoms with Crippen LogP contribution in [-0.2, 0) is 11.2 Å². The number of carbonyl (C=O) groups is 1. The zero-order valence-electron chi connectivity index (χ0n) is 13.6. The lowest BCUT2D eigenvalue weighted by atomic mass is 9.94. The first-order chi connectivity index (χ1) is 10.5. The average Bonchev–Trinajstić information content (AvgIpc) is 2.86. The zero-order valence-corrected chi connectivity index (χ0v) is 13.6. The van der Waals surface area contributed by atoms with E-state index in [1.165, 1.54) is 12.8 Å². The molecule has 0 atom stereocenters. The number of carbonyl (C=O) groups excluding carboxylic acids is 1. The Labute approximate surface area is 131 Å². The Hall–Kier alpha value is -1.43. The van der Waals surface area contributed by atoms with E-state index in [2.05, 4.69) is 15.5 Å². The lowest BCUT2D eigenvalue weighted by Gasteiger charge is -2.26. The second-order valence-corrected chi connectivity index (χ2v) is 6.62. The van der Waals surface area contributed by atoms with Crippen molar-refractivity contribution in [2.45, 2.75) is 76.7 Å². The number of aryl methyl sites for hydroxylation is 1. The van der Waals surface area contributed by atoms with Gasteiger partial charge in [0.15, 0.2) is 5.82 Å². The van der Waals surface area contributed by atoms with Gasteiger partial charge in [-0.15, -0.1) is 0 Å². The molecule has 1 fully saturated rings. The summed E-state index contributed by atoms with van der Waals surface area (Å²) < 4.78 is 5.12. The molecule has 1 aliphatic rings. The van der Waals surface area contributed by atoms with Crippen LogP contribution in [0.4, 0.5) is 0 Å². The van der Waals surface area contributed by atoms with Crippen molar-refractivity contribution in [2.75, 3.05) is 6.54 Å². The Morgan fingerprint density at radius 2 is 2.00 bits per heavy atom. The molecule has 6 heteroatoms. The van der Waals surface area contributed by atoms with Gasteiger partial charge >= 0.3 is 0 Å². The number of nitrogens with one attached hydrogen (secondary N) is 1. The Balaban J connectivity index is 1.73. The average molecular weight is 309 g/mol. The van der Waals surface area contributed by atoms with Crippen LogP contribution >= 0.6 is 0 Å². The van der Waals surface area contributed by atoms with E-state index in [4.69, 9.17) is 4.52 Å². The second kappa shape index (κ2) is 7.72. The molecule has 0 aromatic carbocycles. The third-order valence-corrected chi connectivity index (χ3v) is 4.22. The molecule has 0 radical (unpaired) electrons. The van der Waals surface area contributed by atoms with Crippen molar-refractivity contribution in [2.24, 2.45) is 0 Å². The maximum atomic E-state index is 11.9. The molecule has 6 nitrogen and oxygen atoms in total. The number of nitrogens with zero attached hydrogens (tertiary/aromatic N) is 2. The molecular formula is C16H27N3O3. The number of hydrogen-bond acceptors (Lipinski definition) is 5. The minimum absolute atomic E-state index is 0.0815. The Morgan fingerprint density at radius 1 is 1.32 bits per heavy atom. The summed E-state index contributed by atoms with van der Waals surface area (Å²) >= 11 is 0. The molecule has 0 unspecified atom stereocenters. The summed E-state index contributed by atoms with van der Waals surface area (Å²) in [6.07, 6.45) is 6.69. The van der Waals surface area contributed by atoms with Crippen LogP contribution in [-0.4, -0.2) is 33.3 Å². The van der Waals surface area contributed by atoms with E-state index < -0.39 is 5.60 Å². The van der Waals surface area contributed by atoms with E-state index in [-0.39, 0.29) is 11.8 Å². The summed E-state index contributed by atoms with van der Waals surface area (Å²) in [5, 5.41) is 17.2. The molecule has 1 aromatic rings. The van der Waals surface area contributed by atoms with E-state index in [0.717, 1.165) is 25.7 Å². The molecule has 1 amide bonds. The van der Waals surface area contributed by atoms with Crippen molar-refractivity contribution in [1.29, 1.82) is 0 Å². The number of aromatic nitrogens is 2. The molecule has 1 saturated carbocycles. The van der Waals surface area contributed by atoms with Crippen molar-refractivity contribution in [1.82, 2.24) is 15.5 Å². The van der Waals surface area contributed by atoms with Crippen molar-refractivity contribution in [3.63, 3.8) is 0 Å². The van der Waals surface area contributed by atoms with Crippen LogP contribution in [0.25, 0.3) is 0 Å². The van der Waals surface area contributed by atoms with Gasteiger partial charge in [0.25, 0.3) is 0 Å². The highest BCUT2D eigenvalue weighted by molar-refractivity contribution is 5.76. The van der Waals surface area contributed by atoms with Gasteiger partial charge in [-0.3, -0.25) is 4.79 Å². The molecule has 0 saturated heterocycles. The Kier molecular flexibility index (Phi) is 5.94. The standard InChI is InChI=1S/C16H27N3O3/c1-12(2)15-18-14(22-19-15)8-7-13(20)17-11-16(21)9-5-3-4-6-10-16/h12,21H,3-11H2,1-2H3,(H,17,20). The molecule has 0 spiro atoms. The second-order valence-electron chi connectivity index (χ2n) is 6.62. The van der Waals surface area contributed by atoms with E-state index in [1.807, 2.05) is 13.8 Å². The molecule has 124 valence electrons. The quantitative estimate of drug-likeness (QED) is 0.787. The molecule has 1 aromatic heterocycles. The fraction of sp³-hybridized carbons (Fsp3) is 0.812. The number of rotatable bonds is 6. The van der Waals surface area contributed by atoms with Gasteiger partial charge in [0.1, 0.15) is 0 Å². The van der Waals surface area contributed by atoms with E-state index in [9.17, 15) is 9.90 Å². The minimum atomic E-state index is -0.735. The van der Waals surface area contributed by atoms with E-state index in [1.54, 1.807) is 0 Å². The summed E-state index contributed by atoms with van der Waals surface area (Å²) in [5.41, 5.74) is -0.735. The monoisotopic (exact) mass is 309 g/mol. The number of hydrogen-bond donors (Lipinski definition) is 2. The lowest BCUT2D eigenvalue weighted by molar-refractivity contribution is -0.122. The third-order valence-electron chi connectivity index (χ3n) is 4.22. The normalized spacial score (nSPS) is 18.2. The Bertz CT molecular complexity index is 477. The molecule has 2 rings (SSSR count). The van der Waals surface area contributed by atoms with Crippen LogP contribution in [0.15, 0.2) is 4.52 Å². The van der Waals surface area contributed by atoms with Crippen LogP contribution < -0.4 is 5.32 Å². The van der Waals surface area contributed by atoms with E-state index >= 15 is 0 Å². The third kappa shape index (κ3) is 5.09. The summed E-state index contributed by atoms with van der Waals surface area (Å²) in [4.78, 5) is 16.2. The highest BCUT2D eigenvalue weighted by Crippen LogP contribution is 2.26. The van der Waals surface area contributed by atoms with Crippen molar-refractivity contribution in [3.8, 4) is 0 Å². The van der Waals surface area contributed by atoms with Gasteiger partial charge in [0, 0.05) is 25.3 Å². The minimum Gasteiger partial charge on any atom is -0.388 e. The summed E-state index contributed by atoms with van der Waals surface area (Å²) in [7, 11) is 0. The van der Waals surface area contributed by atoms with Gasteiger partial charge in [0.2, 0.25) is 11.8 Å². The van der Waals surface area contributed by atoms with Crippen molar-refractivity contribution in [3.05, 3.63) is 11.7 Å². The fourth-order valence-electron chi connectivity index (χ4n) is 2.74. The predicted octanol–water partition coefficient (Wildman–Crippen LogP) is 2.33. The van der Waals surface area contributed by atoms with Gasteiger partial charge in [-0.25, -0.2) is 0 Å². The summed E-state index contributed by atoms with van der Waals surface area (Å²) in [5.74, 6) is 1.30. The van der Waals surface area contributed by atoms with E-state index in [0.29, 0.717) is 31.1 Å². The predicted molar refractivity (Wildman–Crippen MR) is 82.4 cm³/mol. The topological polar surface area (TPSA) is 88.2 Å². The van der Waals surface area contributed by atoms with Gasteiger partial charge in [-0.2, -0.15) is 4.98 Å². The van der Waals surface area contributed by atoms with Gasteiger partial charge in [-0.05, 0) is 12.8 Å². The molecule has 2 N–H and O–H groups in total. The van der Waals surface area contributed by atoms with Crippen LogP contribution in [0.3, 0.4) is 0 Å². The summed E-state index contributed by atoms with van der Waals surface area (Å²) in [6.45, 7) is 4.33. The number of aliphatic hydroxyl groups is 1. The van der Waals surface area contributed by atoms with Crippen molar-refractivity contribution >= 4 is 5.91 Å². The van der Waals surface area contributed by atoms with Crippen LogP contribution in [0.1, 0.15) is 76.4 Å². The first kappa shape index (κ1) is 16.9. The van der Waals surface area contributed by atoms with Crippen LogP contribution in [0, 0.1) is 0 Å². The zero-order chi connectivity index (χ0) is 16.0. The highest BCUT2D eigenvalue weighted by atomic mass is 16.5. The molecule has 0 bridgehead atoms. The van der Waals surface area contributed by atoms with Gasteiger partial charge in [0.05, 0.1) is 5.60 Å². The van der Waals surface area contributed by atoms with Gasteiger partial charge < -0.3 is 14.9 Å².